The predicted octanol–water partition coefficient (Wildman–Crippen LogP) is 7.95. The van der Waals surface area contributed by atoms with Gasteiger partial charge in [0.25, 0.3) is 7.37 Å². The summed E-state index contributed by atoms with van der Waals surface area (Å²) in [4.78, 5) is 60.4. The smallest absolute Gasteiger partial charge is 0.338 e. The molecule has 1 aliphatic heterocycles. The molecule has 0 bridgehead atoms. The molecular weight excluding hydrogens is 679 g/mol. The fourth-order valence-corrected chi connectivity index (χ4v) is 8.65. The molecule has 5 rings (SSSR count). The van der Waals surface area contributed by atoms with Crippen LogP contribution in [0.5, 0.6) is 11.5 Å². The molecule has 272 valence electrons. The van der Waals surface area contributed by atoms with E-state index in [1.165, 1.54) is 47.7 Å². The van der Waals surface area contributed by atoms with Crippen molar-refractivity contribution in [1.82, 2.24) is 4.90 Å². The summed E-state index contributed by atoms with van der Waals surface area (Å²) in [7, 11) is -2.42. The van der Waals surface area contributed by atoms with Crippen molar-refractivity contribution in [2.75, 3.05) is 11.9 Å². The standard InChI is InChI=1S/C35H32NO6P.C5H9NO2.CH4/c1-22(2)34(39)41-32-21-27(19-20-30(32)36(24(4)37)25(5)38)35(6,26-17-15-23(3)16-18-26)43(40)33-14-10-8-12-29(33)28-11-7-9-13-31(28)42-43;1-4(7)6(3)5(2)8;/h7-21H,1H2,2-6H3;1-3H3;1H4. The van der Waals surface area contributed by atoms with Gasteiger partial charge in [-0.2, -0.15) is 0 Å². The summed E-state index contributed by atoms with van der Waals surface area (Å²) >= 11 is 0. The number of benzene rings is 4. The van der Waals surface area contributed by atoms with Gasteiger partial charge in [-0.15, -0.1) is 0 Å². The second-order valence-corrected chi connectivity index (χ2v) is 15.1. The molecular formula is C41H45N2O8P. The molecule has 0 N–H and O–H groups in total. The molecule has 1 heterocycles. The first-order chi connectivity index (χ1) is 23.9. The Morgan fingerprint density at radius 1 is 0.731 bits per heavy atom. The Balaban J connectivity index is 0.000000726. The molecule has 10 nitrogen and oxygen atoms in total. The number of carbonyl (C=O) groups is 5. The number of anilines is 1. The van der Waals surface area contributed by atoms with Crippen molar-refractivity contribution in [2.45, 2.75) is 61.0 Å². The lowest BCUT2D eigenvalue weighted by atomic mass is 9.90. The number of hydrogen-bond donors (Lipinski definition) is 0. The van der Waals surface area contributed by atoms with Crippen molar-refractivity contribution in [3.8, 4) is 22.6 Å². The lowest BCUT2D eigenvalue weighted by Crippen LogP contribution is -2.35. The molecule has 0 fully saturated rings. The van der Waals surface area contributed by atoms with Crippen LogP contribution in [0.1, 0.15) is 65.7 Å². The van der Waals surface area contributed by atoms with E-state index in [0.29, 0.717) is 22.2 Å². The summed E-state index contributed by atoms with van der Waals surface area (Å²) in [5.74, 6) is -1.84. The van der Waals surface area contributed by atoms with Gasteiger partial charge in [-0.3, -0.25) is 28.6 Å². The maximum absolute atomic E-state index is 15.7. The van der Waals surface area contributed by atoms with Gasteiger partial charge in [-0.25, -0.2) is 9.69 Å². The SMILES string of the molecule is C.C=C(C)C(=O)Oc1cc(C(C)(c2ccc(C)cc2)P2(=O)Oc3ccccc3-c3ccccc32)ccc1N(C(C)=O)C(C)=O.CC(=O)N(C)C(C)=O. The van der Waals surface area contributed by atoms with E-state index >= 15 is 4.57 Å². The molecule has 2 unspecified atom stereocenters. The third kappa shape index (κ3) is 7.82. The molecule has 4 aromatic rings. The Bertz CT molecular complexity index is 2080. The largest absolute Gasteiger partial charge is 0.438 e. The van der Waals surface area contributed by atoms with Gasteiger partial charge < -0.3 is 9.26 Å². The molecule has 0 saturated carbocycles. The molecule has 1 aliphatic rings. The highest BCUT2D eigenvalue weighted by atomic mass is 31.2. The van der Waals surface area contributed by atoms with Crippen LogP contribution >= 0.6 is 7.37 Å². The van der Waals surface area contributed by atoms with Gasteiger partial charge in [-0.1, -0.05) is 86.3 Å². The monoisotopic (exact) mass is 724 g/mol. The van der Waals surface area contributed by atoms with E-state index < -0.39 is 30.3 Å². The third-order valence-electron chi connectivity index (χ3n) is 8.72. The van der Waals surface area contributed by atoms with Gasteiger partial charge in [0.2, 0.25) is 23.6 Å². The number of imide groups is 2. The molecule has 11 heteroatoms. The average molecular weight is 725 g/mol. The summed E-state index contributed by atoms with van der Waals surface area (Å²) < 4.78 is 28.0. The first-order valence-electron chi connectivity index (χ1n) is 16.1. The number of rotatable bonds is 6. The maximum Gasteiger partial charge on any atom is 0.338 e. The third-order valence-corrected chi connectivity index (χ3v) is 11.9. The van der Waals surface area contributed by atoms with Gasteiger partial charge >= 0.3 is 5.97 Å². The average Bonchev–Trinajstić information content (AvgIpc) is 3.08. The minimum Gasteiger partial charge on any atom is -0.438 e. The minimum atomic E-state index is -3.87. The number of amides is 4. The predicted molar refractivity (Wildman–Crippen MR) is 204 cm³/mol. The summed E-state index contributed by atoms with van der Waals surface area (Å²) in [6, 6.07) is 27.4. The number of esters is 1. The fraction of sp³-hybridized carbons (Fsp3) is 0.244. The quantitative estimate of drug-likeness (QED) is 0.0849. The second kappa shape index (κ2) is 16.2. The van der Waals surface area contributed by atoms with Gasteiger partial charge in [0.1, 0.15) is 10.9 Å². The molecule has 0 spiro atoms. The summed E-state index contributed by atoms with van der Waals surface area (Å²) in [5, 5.41) is -0.764. The molecule has 4 aromatic carbocycles. The van der Waals surface area contributed by atoms with E-state index in [2.05, 4.69) is 6.58 Å². The number of carbonyl (C=O) groups excluding carboxylic acids is 5. The molecule has 0 radical (unpaired) electrons. The number of ether oxygens (including phenoxy) is 1. The highest BCUT2D eigenvalue weighted by Gasteiger charge is 2.54. The van der Waals surface area contributed by atoms with Crippen LogP contribution in [0.25, 0.3) is 11.1 Å². The van der Waals surface area contributed by atoms with Crippen molar-refractivity contribution >= 4 is 48.0 Å². The van der Waals surface area contributed by atoms with Gasteiger partial charge in [0.15, 0.2) is 5.75 Å². The zero-order chi connectivity index (χ0) is 37.8. The number of hydrogen-bond acceptors (Lipinski definition) is 8. The Morgan fingerprint density at radius 3 is 1.77 bits per heavy atom. The Morgan fingerprint density at radius 2 is 1.25 bits per heavy atom. The van der Waals surface area contributed by atoms with Gasteiger partial charge in [-0.05, 0) is 61.7 Å². The van der Waals surface area contributed by atoms with Crippen LogP contribution in [0.3, 0.4) is 0 Å². The minimum absolute atomic E-state index is 0. The Kier molecular flexibility index (Phi) is 12.7. The van der Waals surface area contributed by atoms with Crippen LogP contribution in [-0.4, -0.2) is 41.5 Å². The Labute approximate surface area is 305 Å². The van der Waals surface area contributed by atoms with Crippen molar-refractivity contribution in [2.24, 2.45) is 0 Å². The Hall–Kier alpha value is -5.60. The number of para-hydroxylation sites is 1. The zero-order valence-electron chi connectivity index (χ0n) is 30.0. The van der Waals surface area contributed by atoms with Crippen molar-refractivity contribution in [1.29, 1.82) is 0 Å². The van der Waals surface area contributed by atoms with Crippen molar-refractivity contribution in [3.63, 3.8) is 0 Å². The molecule has 4 amide bonds. The molecule has 2 atom stereocenters. The van der Waals surface area contributed by atoms with E-state index in [1.54, 1.807) is 18.2 Å². The van der Waals surface area contributed by atoms with Crippen molar-refractivity contribution in [3.05, 3.63) is 120 Å². The zero-order valence-corrected chi connectivity index (χ0v) is 30.9. The van der Waals surface area contributed by atoms with Crippen LogP contribution in [0.4, 0.5) is 5.69 Å². The molecule has 52 heavy (non-hydrogen) atoms. The highest BCUT2D eigenvalue weighted by Crippen LogP contribution is 2.69. The lowest BCUT2D eigenvalue weighted by molar-refractivity contribution is -0.140. The van der Waals surface area contributed by atoms with E-state index in [4.69, 9.17) is 9.26 Å². The number of nitrogens with zero attached hydrogens (tertiary/aromatic N) is 2. The topological polar surface area (TPSA) is 127 Å². The van der Waals surface area contributed by atoms with Crippen LogP contribution in [0.15, 0.2) is 103 Å². The van der Waals surface area contributed by atoms with Crippen LogP contribution in [-0.2, 0) is 33.7 Å². The first-order valence-corrected chi connectivity index (χ1v) is 17.7. The van der Waals surface area contributed by atoms with Crippen LogP contribution in [0.2, 0.25) is 0 Å². The summed E-state index contributed by atoms with van der Waals surface area (Å²) in [6.45, 7) is 14.2. The maximum atomic E-state index is 15.7. The number of fused-ring (bicyclic) bond motifs is 3. The van der Waals surface area contributed by atoms with Gasteiger partial charge in [0, 0.05) is 45.9 Å². The molecule has 0 saturated heterocycles. The van der Waals surface area contributed by atoms with Crippen LogP contribution in [0, 0.1) is 6.92 Å². The fourth-order valence-electron chi connectivity index (χ4n) is 5.68. The lowest BCUT2D eigenvalue weighted by Gasteiger charge is -2.41. The summed E-state index contributed by atoms with van der Waals surface area (Å²) in [6.07, 6.45) is 0. The highest BCUT2D eigenvalue weighted by molar-refractivity contribution is 7.69. The van der Waals surface area contributed by atoms with E-state index in [9.17, 15) is 24.0 Å². The summed E-state index contributed by atoms with van der Waals surface area (Å²) in [5.41, 5.74) is 4.06. The van der Waals surface area contributed by atoms with E-state index in [1.807, 2.05) is 80.6 Å². The van der Waals surface area contributed by atoms with E-state index in [-0.39, 0.29) is 36.3 Å². The van der Waals surface area contributed by atoms with Crippen molar-refractivity contribution < 1.29 is 37.8 Å². The molecule has 0 aromatic heterocycles. The number of aryl methyl sites for hydroxylation is 1. The first kappa shape index (κ1) is 40.8. The second-order valence-electron chi connectivity index (χ2n) is 12.4. The van der Waals surface area contributed by atoms with E-state index in [0.717, 1.165) is 26.5 Å². The van der Waals surface area contributed by atoms with Gasteiger partial charge in [0.05, 0.1) is 11.0 Å². The molecule has 0 aliphatic carbocycles. The van der Waals surface area contributed by atoms with Crippen LogP contribution < -0.4 is 19.5 Å². The normalized spacial score (nSPS) is 14.9.